The molecule has 0 aromatic heterocycles. The third-order valence-corrected chi connectivity index (χ3v) is 3.95. The molecule has 0 radical (unpaired) electrons. The third kappa shape index (κ3) is 4.60. The summed E-state index contributed by atoms with van der Waals surface area (Å²) in [5.41, 5.74) is -0.344. The van der Waals surface area contributed by atoms with Gasteiger partial charge in [-0.05, 0) is 31.1 Å². The van der Waals surface area contributed by atoms with Crippen molar-refractivity contribution in [3.63, 3.8) is 0 Å². The molecule has 0 bridgehead atoms. The summed E-state index contributed by atoms with van der Waals surface area (Å²) in [7, 11) is 0. The van der Waals surface area contributed by atoms with Crippen LogP contribution in [0.4, 0.5) is 0 Å². The lowest BCUT2D eigenvalue weighted by atomic mass is 9.83. The first-order valence-corrected chi connectivity index (χ1v) is 7.29. The number of aliphatic hydroxyl groups excluding tert-OH is 1. The van der Waals surface area contributed by atoms with Crippen LogP contribution in [0.3, 0.4) is 0 Å². The Labute approximate surface area is 111 Å². The van der Waals surface area contributed by atoms with Crippen LogP contribution in [0, 0.1) is 17.3 Å². The average molecular weight is 255 g/mol. The van der Waals surface area contributed by atoms with Gasteiger partial charge in [0.25, 0.3) is 0 Å². The van der Waals surface area contributed by atoms with Gasteiger partial charge in [0.15, 0.2) is 0 Å². The summed E-state index contributed by atoms with van der Waals surface area (Å²) >= 11 is 0. The van der Waals surface area contributed by atoms with Gasteiger partial charge in [0, 0.05) is 12.0 Å². The van der Waals surface area contributed by atoms with Crippen molar-refractivity contribution < 1.29 is 9.90 Å². The molecule has 106 valence electrons. The molecule has 3 nitrogen and oxygen atoms in total. The standard InChI is InChI=1S/C15H29NO2/c1-11(2)9-15(3,4)14(18)16-10-13(17)12-7-5-6-8-12/h11-13,17H,5-10H2,1-4H3,(H,16,18). The first-order chi connectivity index (χ1) is 8.33. The monoisotopic (exact) mass is 255 g/mol. The lowest BCUT2D eigenvalue weighted by molar-refractivity contribution is -0.130. The number of rotatable bonds is 6. The van der Waals surface area contributed by atoms with E-state index in [1.165, 1.54) is 12.8 Å². The first kappa shape index (κ1) is 15.5. The Morgan fingerprint density at radius 3 is 2.39 bits per heavy atom. The molecule has 1 rings (SSSR count). The molecule has 1 amide bonds. The first-order valence-electron chi connectivity index (χ1n) is 7.29. The maximum absolute atomic E-state index is 12.1. The van der Waals surface area contributed by atoms with Crippen LogP contribution in [0.2, 0.25) is 0 Å². The SMILES string of the molecule is CC(C)CC(C)(C)C(=O)NCC(O)C1CCCC1. The van der Waals surface area contributed by atoms with Gasteiger partial charge < -0.3 is 10.4 Å². The summed E-state index contributed by atoms with van der Waals surface area (Å²) in [4.78, 5) is 12.1. The summed E-state index contributed by atoms with van der Waals surface area (Å²) in [6.07, 6.45) is 5.14. The van der Waals surface area contributed by atoms with Crippen LogP contribution in [0.5, 0.6) is 0 Å². The Balaban J connectivity index is 2.35. The normalized spacial score (nSPS) is 19.2. The highest BCUT2D eigenvalue weighted by Crippen LogP contribution is 2.28. The molecule has 3 heteroatoms. The summed E-state index contributed by atoms with van der Waals surface area (Å²) < 4.78 is 0. The molecule has 0 aliphatic heterocycles. The van der Waals surface area contributed by atoms with Crippen LogP contribution in [0.15, 0.2) is 0 Å². The quantitative estimate of drug-likeness (QED) is 0.766. The third-order valence-electron chi connectivity index (χ3n) is 3.95. The second-order valence-corrected chi connectivity index (χ2v) is 6.80. The van der Waals surface area contributed by atoms with E-state index in [9.17, 15) is 9.90 Å². The number of carbonyl (C=O) groups is 1. The molecule has 0 saturated heterocycles. The largest absolute Gasteiger partial charge is 0.391 e. The number of nitrogens with one attached hydrogen (secondary N) is 1. The van der Waals surface area contributed by atoms with Crippen molar-refractivity contribution in [1.82, 2.24) is 5.32 Å². The number of amides is 1. The Morgan fingerprint density at radius 2 is 1.89 bits per heavy atom. The van der Waals surface area contributed by atoms with E-state index in [0.29, 0.717) is 18.4 Å². The molecule has 1 atom stereocenters. The van der Waals surface area contributed by atoms with Crippen LogP contribution in [-0.2, 0) is 4.79 Å². The molecule has 1 saturated carbocycles. The zero-order chi connectivity index (χ0) is 13.8. The second-order valence-electron chi connectivity index (χ2n) is 6.80. The Kier molecular flexibility index (Phi) is 5.64. The average Bonchev–Trinajstić information content (AvgIpc) is 2.76. The molecule has 1 fully saturated rings. The van der Waals surface area contributed by atoms with E-state index in [1.807, 2.05) is 13.8 Å². The maximum Gasteiger partial charge on any atom is 0.225 e. The van der Waals surface area contributed by atoms with Crippen molar-refractivity contribution >= 4 is 5.91 Å². The van der Waals surface area contributed by atoms with Gasteiger partial charge in [-0.3, -0.25) is 4.79 Å². The van der Waals surface area contributed by atoms with Crippen LogP contribution in [-0.4, -0.2) is 23.7 Å². The Hall–Kier alpha value is -0.570. The van der Waals surface area contributed by atoms with Crippen molar-refractivity contribution in [1.29, 1.82) is 0 Å². The number of aliphatic hydroxyl groups is 1. The molecule has 1 aliphatic carbocycles. The molecule has 1 unspecified atom stereocenters. The van der Waals surface area contributed by atoms with Crippen LogP contribution in [0.25, 0.3) is 0 Å². The van der Waals surface area contributed by atoms with E-state index in [4.69, 9.17) is 0 Å². The van der Waals surface area contributed by atoms with Crippen molar-refractivity contribution in [2.75, 3.05) is 6.54 Å². The van der Waals surface area contributed by atoms with Gasteiger partial charge in [-0.1, -0.05) is 40.5 Å². The van der Waals surface area contributed by atoms with Crippen molar-refractivity contribution in [2.45, 2.75) is 65.9 Å². The minimum Gasteiger partial charge on any atom is -0.391 e. The van der Waals surface area contributed by atoms with E-state index in [-0.39, 0.29) is 17.4 Å². The maximum atomic E-state index is 12.1. The molecule has 18 heavy (non-hydrogen) atoms. The molecule has 0 spiro atoms. The molecule has 2 N–H and O–H groups in total. The highest BCUT2D eigenvalue weighted by molar-refractivity contribution is 5.81. The van der Waals surface area contributed by atoms with E-state index in [1.54, 1.807) is 0 Å². The minimum absolute atomic E-state index is 0.0632. The predicted molar refractivity (Wildman–Crippen MR) is 74.2 cm³/mol. The lowest BCUT2D eigenvalue weighted by Crippen LogP contribution is -2.42. The molecule has 0 aromatic rings. The summed E-state index contributed by atoms with van der Waals surface area (Å²) in [5.74, 6) is 0.956. The second kappa shape index (κ2) is 6.55. The molecule has 1 aliphatic rings. The van der Waals surface area contributed by atoms with Gasteiger partial charge in [0.05, 0.1) is 6.10 Å². The highest BCUT2D eigenvalue weighted by Gasteiger charge is 2.30. The zero-order valence-corrected chi connectivity index (χ0v) is 12.3. The van der Waals surface area contributed by atoms with Crippen LogP contribution >= 0.6 is 0 Å². The number of hydrogen-bond acceptors (Lipinski definition) is 2. The topological polar surface area (TPSA) is 49.3 Å². The van der Waals surface area contributed by atoms with E-state index in [2.05, 4.69) is 19.2 Å². The van der Waals surface area contributed by atoms with Gasteiger partial charge in [-0.25, -0.2) is 0 Å². The Bertz CT molecular complexity index is 268. The molecular formula is C15H29NO2. The van der Waals surface area contributed by atoms with E-state index >= 15 is 0 Å². The number of carbonyl (C=O) groups excluding carboxylic acids is 1. The molecular weight excluding hydrogens is 226 g/mol. The lowest BCUT2D eigenvalue weighted by Gasteiger charge is -2.27. The van der Waals surface area contributed by atoms with Gasteiger partial charge >= 0.3 is 0 Å². The minimum atomic E-state index is -0.369. The fraction of sp³-hybridized carbons (Fsp3) is 0.933. The fourth-order valence-electron chi connectivity index (χ4n) is 3.06. The van der Waals surface area contributed by atoms with E-state index in [0.717, 1.165) is 19.3 Å². The summed E-state index contributed by atoms with van der Waals surface area (Å²) in [6.45, 7) is 8.62. The highest BCUT2D eigenvalue weighted by atomic mass is 16.3. The van der Waals surface area contributed by atoms with Crippen LogP contribution in [0.1, 0.15) is 59.8 Å². The van der Waals surface area contributed by atoms with Gasteiger partial charge in [0.2, 0.25) is 5.91 Å². The summed E-state index contributed by atoms with van der Waals surface area (Å²) in [6, 6.07) is 0. The predicted octanol–water partition coefficient (Wildman–Crippen LogP) is 2.73. The summed E-state index contributed by atoms with van der Waals surface area (Å²) in [5, 5.41) is 12.9. The smallest absolute Gasteiger partial charge is 0.225 e. The van der Waals surface area contributed by atoms with Crippen molar-refractivity contribution in [3.8, 4) is 0 Å². The fourth-order valence-corrected chi connectivity index (χ4v) is 3.06. The van der Waals surface area contributed by atoms with Crippen molar-refractivity contribution in [2.24, 2.45) is 17.3 Å². The van der Waals surface area contributed by atoms with Crippen LogP contribution < -0.4 is 5.32 Å². The van der Waals surface area contributed by atoms with Gasteiger partial charge in [-0.2, -0.15) is 0 Å². The van der Waals surface area contributed by atoms with Gasteiger partial charge in [-0.15, -0.1) is 0 Å². The molecule has 0 aromatic carbocycles. The Morgan fingerprint density at radius 1 is 1.33 bits per heavy atom. The molecule has 0 heterocycles. The van der Waals surface area contributed by atoms with E-state index < -0.39 is 0 Å². The number of hydrogen-bond donors (Lipinski definition) is 2. The van der Waals surface area contributed by atoms with Gasteiger partial charge in [0.1, 0.15) is 0 Å². The van der Waals surface area contributed by atoms with Crippen molar-refractivity contribution in [3.05, 3.63) is 0 Å². The zero-order valence-electron chi connectivity index (χ0n) is 12.3.